The minimum absolute atomic E-state index is 0.0239. The van der Waals surface area contributed by atoms with Crippen LogP contribution in [0.15, 0.2) is 84.6 Å². The molecule has 2 aliphatic heterocycles. The monoisotopic (exact) mass is 575 g/mol. The molecule has 2 aromatic carbocycles. The summed E-state index contributed by atoms with van der Waals surface area (Å²) in [6.45, 7) is 16.4. The normalized spacial score (nSPS) is 17.5. The zero-order valence-electron chi connectivity index (χ0n) is 24.8. The first-order chi connectivity index (χ1) is 20.4. The third-order valence-corrected chi connectivity index (χ3v) is 8.08. The SMILES string of the molecule is [C-]#[N+]c1ccc2c(c1)N(CCC(=O)O)C(=CC=CC=CC=CC1=[N+](CCC(=O)O)c3cc(C#N)ccc3C1(C)C)C2(C)C. The standard InChI is InChI=1S/C35H34N4O4/c1-34(2)26-15-13-24(23-36)21-28(26)38(19-17-32(40)41)30(34)11-9-7-6-8-10-12-31-35(3,4)27-16-14-25(37-5)22-29(27)39(31)20-18-33(42)43/h6-16,21-22H,17-20H2,1-4H3,(H-,40,41,42,43)/p+1. The van der Waals surface area contributed by atoms with Gasteiger partial charge in [-0.25, -0.2) is 4.85 Å². The van der Waals surface area contributed by atoms with E-state index < -0.39 is 11.9 Å². The fraction of sp³-hybridized carbons (Fsp3) is 0.286. The van der Waals surface area contributed by atoms with Crippen molar-refractivity contribution in [2.45, 2.75) is 51.4 Å². The van der Waals surface area contributed by atoms with Gasteiger partial charge in [0.2, 0.25) is 5.69 Å². The molecule has 4 rings (SSSR count). The lowest BCUT2D eigenvalue weighted by Crippen LogP contribution is -2.28. The summed E-state index contributed by atoms with van der Waals surface area (Å²) in [6, 6.07) is 13.3. The lowest BCUT2D eigenvalue weighted by molar-refractivity contribution is -0.436. The quantitative estimate of drug-likeness (QED) is 0.184. The number of fused-ring (bicyclic) bond motifs is 2. The number of nitriles is 1. The highest BCUT2D eigenvalue weighted by Gasteiger charge is 2.44. The Kier molecular flexibility index (Phi) is 8.82. The van der Waals surface area contributed by atoms with Crippen molar-refractivity contribution in [2.75, 3.05) is 18.0 Å². The first-order valence-corrected chi connectivity index (χ1v) is 14.1. The highest BCUT2D eigenvalue weighted by Crippen LogP contribution is 2.49. The zero-order chi connectivity index (χ0) is 31.4. The number of carboxylic acid groups (broad SMARTS) is 2. The molecule has 0 aromatic heterocycles. The van der Waals surface area contributed by atoms with Crippen LogP contribution in [-0.2, 0) is 20.4 Å². The molecule has 0 atom stereocenters. The molecular weight excluding hydrogens is 540 g/mol. The van der Waals surface area contributed by atoms with Crippen LogP contribution >= 0.6 is 0 Å². The maximum absolute atomic E-state index is 11.4. The minimum Gasteiger partial charge on any atom is -0.481 e. The van der Waals surface area contributed by atoms with E-state index in [1.807, 2.05) is 76.3 Å². The summed E-state index contributed by atoms with van der Waals surface area (Å²) in [4.78, 5) is 28.3. The molecule has 8 heteroatoms. The number of allylic oxidation sites excluding steroid dienone is 8. The van der Waals surface area contributed by atoms with Crippen molar-refractivity contribution in [1.82, 2.24) is 0 Å². The predicted molar refractivity (Wildman–Crippen MR) is 167 cm³/mol. The van der Waals surface area contributed by atoms with E-state index in [9.17, 15) is 25.1 Å². The molecule has 0 aliphatic carbocycles. The summed E-state index contributed by atoms with van der Waals surface area (Å²) in [7, 11) is 0. The van der Waals surface area contributed by atoms with Gasteiger partial charge in [-0.15, -0.1) is 0 Å². The maximum Gasteiger partial charge on any atom is 0.309 e. The predicted octanol–water partition coefficient (Wildman–Crippen LogP) is 6.78. The lowest BCUT2D eigenvalue weighted by atomic mass is 9.81. The number of carbonyl (C=O) groups is 2. The molecule has 0 saturated carbocycles. The smallest absolute Gasteiger partial charge is 0.309 e. The van der Waals surface area contributed by atoms with E-state index in [1.165, 1.54) is 0 Å². The average molecular weight is 576 g/mol. The number of hydrogen-bond donors (Lipinski definition) is 2. The van der Waals surface area contributed by atoms with Crippen LogP contribution in [0.4, 0.5) is 17.1 Å². The number of aliphatic carboxylic acids is 2. The summed E-state index contributed by atoms with van der Waals surface area (Å²) < 4.78 is 1.99. The van der Waals surface area contributed by atoms with E-state index in [-0.39, 0.29) is 23.7 Å². The van der Waals surface area contributed by atoms with Crippen molar-refractivity contribution < 1.29 is 24.4 Å². The van der Waals surface area contributed by atoms with Gasteiger partial charge >= 0.3 is 11.9 Å². The van der Waals surface area contributed by atoms with Crippen LogP contribution in [0, 0.1) is 17.9 Å². The second kappa shape index (κ2) is 12.3. The molecule has 8 nitrogen and oxygen atoms in total. The van der Waals surface area contributed by atoms with Crippen LogP contribution in [0.5, 0.6) is 0 Å². The van der Waals surface area contributed by atoms with Crippen molar-refractivity contribution in [3.05, 3.63) is 113 Å². The van der Waals surface area contributed by atoms with Gasteiger partial charge in [-0.1, -0.05) is 56.4 Å². The Bertz CT molecular complexity index is 1710. The molecule has 0 fully saturated rings. The molecule has 0 bridgehead atoms. The third kappa shape index (κ3) is 6.19. The van der Waals surface area contributed by atoms with Crippen molar-refractivity contribution >= 4 is 34.7 Å². The molecule has 0 saturated heterocycles. The molecule has 2 aromatic rings. The maximum atomic E-state index is 11.4. The van der Waals surface area contributed by atoms with Gasteiger partial charge in [0.05, 0.1) is 30.0 Å². The Labute approximate surface area is 252 Å². The van der Waals surface area contributed by atoms with Crippen LogP contribution in [0.3, 0.4) is 0 Å². The van der Waals surface area contributed by atoms with Gasteiger partial charge in [-0.3, -0.25) is 9.59 Å². The van der Waals surface area contributed by atoms with Gasteiger partial charge in [-0.05, 0) is 43.7 Å². The van der Waals surface area contributed by atoms with E-state index in [4.69, 9.17) is 6.57 Å². The zero-order valence-corrected chi connectivity index (χ0v) is 24.8. The largest absolute Gasteiger partial charge is 0.481 e. The molecule has 0 amide bonds. The fourth-order valence-electron chi connectivity index (χ4n) is 5.88. The van der Waals surface area contributed by atoms with Gasteiger partial charge < -0.3 is 15.1 Å². The van der Waals surface area contributed by atoms with Crippen LogP contribution in [0.25, 0.3) is 4.85 Å². The number of rotatable bonds is 10. The molecule has 0 unspecified atom stereocenters. The van der Waals surface area contributed by atoms with E-state index in [2.05, 4.69) is 38.6 Å². The van der Waals surface area contributed by atoms with Gasteiger partial charge in [-0.2, -0.15) is 9.84 Å². The van der Waals surface area contributed by atoms with Crippen LogP contribution in [0.1, 0.15) is 57.2 Å². The highest BCUT2D eigenvalue weighted by atomic mass is 16.4. The highest BCUT2D eigenvalue weighted by molar-refractivity contribution is 6.03. The summed E-state index contributed by atoms with van der Waals surface area (Å²) in [5.74, 6) is -1.76. The number of benzene rings is 2. The van der Waals surface area contributed by atoms with E-state index in [1.54, 1.807) is 12.1 Å². The molecule has 218 valence electrons. The number of nitrogens with zero attached hydrogens (tertiary/aromatic N) is 4. The molecule has 43 heavy (non-hydrogen) atoms. The first kappa shape index (κ1) is 30.7. The molecule has 2 heterocycles. The summed E-state index contributed by atoms with van der Waals surface area (Å²) in [6.07, 6.45) is 13.4. The van der Waals surface area contributed by atoms with E-state index in [0.29, 0.717) is 24.3 Å². The third-order valence-electron chi connectivity index (χ3n) is 8.08. The van der Waals surface area contributed by atoms with E-state index in [0.717, 1.165) is 33.9 Å². The number of hydrogen-bond acceptors (Lipinski definition) is 4. The fourth-order valence-corrected chi connectivity index (χ4v) is 5.88. The van der Waals surface area contributed by atoms with Gasteiger partial charge in [0, 0.05) is 41.1 Å². The van der Waals surface area contributed by atoms with E-state index >= 15 is 0 Å². The van der Waals surface area contributed by atoms with Gasteiger partial charge in [0.15, 0.2) is 17.9 Å². The molecular formula is C35H35N4O4+. The Balaban J connectivity index is 1.58. The number of carboxylic acids is 2. The van der Waals surface area contributed by atoms with Crippen LogP contribution in [-0.4, -0.2) is 45.5 Å². The molecule has 0 spiro atoms. The van der Waals surface area contributed by atoms with Gasteiger partial charge in [0.25, 0.3) is 0 Å². The second-order valence-corrected chi connectivity index (χ2v) is 11.6. The molecule has 2 N–H and O–H groups in total. The minimum atomic E-state index is -0.882. The second-order valence-electron chi connectivity index (χ2n) is 11.6. The summed E-state index contributed by atoms with van der Waals surface area (Å²) in [5, 5.41) is 28.0. The van der Waals surface area contributed by atoms with Crippen LogP contribution in [0.2, 0.25) is 0 Å². The van der Waals surface area contributed by atoms with Crippen LogP contribution < -0.4 is 4.90 Å². The Morgan fingerprint density at radius 1 is 0.953 bits per heavy atom. The Hall–Kier alpha value is -5.21. The topological polar surface area (TPSA) is 109 Å². The van der Waals surface area contributed by atoms with Crippen molar-refractivity contribution in [3.8, 4) is 6.07 Å². The average Bonchev–Trinajstić information content (AvgIpc) is 3.31. The van der Waals surface area contributed by atoms with Crippen molar-refractivity contribution in [3.63, 3.8) is 0 Å². The molecule has 2 aliphatic rings. The van der Waals surface area contributed by atoms with Crippen molar-refractivity contribution in [1.29, 1.82) is 5.26 Å². The van der Waals surface area contributed by atoms with Crippen molar-refractivity contribution in [2.24, 2.45) is 0 Å². The number of anilines is 1. The summed E-state index contributed by atoms with van der Waals surface area (Å²) in [5.41, 5.74) is 6.03. The van der Waals surface area contributed by atoms with Gasteiger partial charge in [0.1, 0.15) is 6.42 Å². The lowest BCUT2D eigenvalue weighted by Gasteiger charge is -2.26. The molecule has 0 radical (unpaired) electrons. The summed E-state index contributed by atoms with van der Waals surface area (Å²) >= 11 is 0. The Morgan fingerprint density at radius 3 is 2.30 bits per heavy atom. The first-order valence-electron chi connectivity index (χ1n) is 14.1. The Morgan fingerprint density at radius 2 is 1.63 bits per heavy atom.